The number of likely N-dealkylation sites (N-methyl/N-ethyl adjacent to an activating group) is 1. The summed E-state index contributed by atoms with van der Waals surface area (Å²) in [5.41, 5.74) is 3.35. The molecule has 0 aromatic heterocycles. The summed E-state index contributed by atoms with van der Waals surface area (Å²) in [4.78, 5) is 55.0. The summed E-state index contributed by atoms with van der Waals surface area (Å²) in [6.45, 7) is 2.14. The number of Topliss-reactive ketones (excluding diaryl/α,β-unsaturated/α-hetero) is 2. The summed E-state index contributed by atoms with van der Waals surface area (Å²) in [7, 11) is 6.67. The Kier molecular flexibility index (Phi) is 8.42. The van der Waals surface area contributed by atoms with Crippen molar-refractivity contribution in [3.63, 3.8) is 0 Å². The number of ketones is 2. The molecule has 6 N–H and O–H groups in total. The molecule has 1 aromatic rings. The van der Waals surface area contributed by atoms with E-state index in [0.717, 1.165) is 6.42 Å². The number of phenols is 1. The molecule has 0 spiro atoms. The molecule has 1 amide bonds. The Morgan fingerprint density at radius 2 is 1.86 bits per heavy atom. The van der Waals surface area contributed by atoms with E-state index >= 15 is 0 Å². The van der Waals surface area contributed by atoms with Gasteiger partial charge >= 0.3 is 5.97 Å². The van der Waals surface area contributed by atoms with E-state index in [2.05, 4.69) is 11.8 Å². The quantitative estimate of drug-likeness (QED) is 0.130. The second-order valence-electron chi connectivity index (χ2n) is 11.6. The summed E-state index contributed by atoms with van der Waals surface area (Å²) in [6.07, 6.45) is 0.0898. The highest BCUT2D eigenvalue weighted by atomic mass is 16.5. The number of fused-ring (bicyclic) bond motifs is 3. The molecule has 2 fully saturated rings. The molecule has 3 aliphatic rings. The fourth-order valence-electron chi connectivity index (χ4n) is 6.61. The molecule has 0 bridgehead atoms. The number of aliphatic hydroxyl groups is 3. The topological polar surface area (TPSA) is 191 Å². The SMILES string of the molecule is CCCCOC(=O)C#Cc1cc(N(C)C)c2c(c1O)C(O)=C1C(=O)[C@@]3(O)C(=O)C(C(N)=O)C(O)[C@H](N(C)C)[C@H]3C[C@H]1C2. The number of benzene rings is 1. The van der Waals surface area contributed by atoms with Gasteiger partial charge in [-0.1, -0.05) is 19.3 Å². The molecule has 226 valence electrons. The molecule has 2 saturated carbocycles. The molecule has 2 unspecified atom stereocenters. The number of carbonyl (C=O) groups is 4. The van der Waals surface area contributed by atoms with E-state index in [4.69, 9.17) is 10.5 Å². The van der Waals surface area contributed by atoms with Crippen LogP contribution in [0.15, 0.2) is 11.6 Å². The van der Waals surface area contributed by atoms with E-state index in [1.54, 1.807) is 39.2 Å². The maximum Gasteiger partial charge on any atom is 0.384 e. The van der Waals surface area contributed by atoms with Crippen LogP contribution < -0.4 is 10.6 Å². The van der Waals surface area contributed by atoms with Crippen molar-refractivity contribution >= 4 is 34.9 Å². The highest BCUT2D eigenvalue weighted by Crippen LogP contribution is 2.53. The first-order chi connectivity index (χ1) is 19.7. The number of primary amides is 1. The van der Waals surface area contributed by atoms with Crippen molar-refractivity contribution < 1.29 is 44.3 Å². The Bertz CT molecular complexity index is 1440. The van der Waals surface area contributed by atoms with E-state index in [1.807, 2.05) is 6.92 Å². The third-order valence-corrected chi connectivity index (χ3v) is 8.58. The summed E-state index contributed by atoms with van der Waals surface area (Å²) in [6, 6.07) is 0.587. The Balaban J connectivity index is 1.87. The molecule has 0 aliphatic heterocycles. The number of nitrogens with two attached hydrogens (primary N) is 1. The first-order valence-corrected chi connectivity index (χ1v) is 13.8. The van der Waals surface area contributed by atoms with Crippen LogP contribution in [0.1, 0.15) is 42.9 Å². The van der Waals surface area contributed by atoms with Gasteiger partial charge < -0.3 is 40.7 Å². The minimum absolute atomic E-state index is 0.00586. The predicted molar refractivity (Wildman–Crippen MR) is 151 cm³/mol. The van der Waals surface area contributed by atoms with Gasteiger partial charge in [0.2, 0.25) is 11.7 Å². The minimum atomic E-state index is -2.75. The normalized spacial score (nSPS) is 28.3. The highest BCUT2D eigenvalue weighted by molar-refractivity contribution is 6.25. The maximum absolute atomic E-state index is 14.0. The predicted octanol–water partition coefficient (Wildman–Crippen LogP) is -0.110. The van der Waals surface area contributed by atoms with Gasteiger partial charge in [-0.05, 0) is 50.9 Å². The van der Waals surface area contributed by atoms with Crippen molar-refractivity contribution in [2.45, 2.75) is 50.4 Å². The Morgan fingerprint density at radius 3 is 2.43 bits per heavy atom. The largest absolute Gasteiger partial charge is 0.507 e. The summed E-state index contributed by atoms with van der Waals surface area (Å²) in [5, 5.41) is 45.5. The molecule has 6 atom stereocenters. The minimum Gasteiger partial charge on any atom is -0.507 e. The smallest absolute Gasteiger partial charge is 0.384 e. The number of carbonyl (C=O) groups excluding carboxylic acids is 4. The average Bonchev–Trinajstić information content (AvgIpc) is 2.89. The van der Waals surface area contributed by atoms with Crippen molar-refractivity contribution in [1.29, 1.82) is 0 Å². The van der Waals surface area contributed by atoms with Crippen molar-refractivity contribution in [3.05, 3.63) is 28.3 Å². The number of aromatic hydroxyl groups is 1. The number of anilines is 1. The molecule has 1 aromatic carbocycles. The lowest BCUT2D eigenvalue weighted by molar-refractivity contribution is -0.184. The van der Waals surface area contributed by atoms with Crippen molar-refractivity contribution in [3.8, 4) is 17.6 Å². The van der Waals surface area contributed by atoms with Gasteiger partial charge in [0.15, 0.2) is 11.4 Å². The van der Waals surface area contributed by atoms with Crippen LogP contribution in [0.2, 0.25) is 0 Å². The number of ether oxygens (including phenoxy) is 1. The van der Waals surface area contributed by atoms with Crippen LogP contribution in [0, 0.1) is 29.6 Å². The zero-order valence-corrected chi connectivity index (χ0v) is 24.3. The summed E-state index contributed by atoms with van der Waals surface area (Å²) >= 11 is 0. The molecule has 4 rings (SSSR count). The zero-order chi connectivity index (χ0) is 31.3. The van der Waals surface area contributed by atoms with Gasteiger partial charge in [0, 0.05) is 43.2 Å². The first-order valence-electron chi connectivity index (χ1n) is 13.8. The van der Waals surface area contributed by atoms with Crippen molar-refractivity contribution in [2.75, 3.05) is 39.7 Å². The number of phenolic OH excluding ortho intramolecular Hbond substituents is 1. The van der Waals surface area contributed by atoms with Crippen LogP contribution in [0.25, 0.3) is 5.76 Å². The number of esters is 1. The van der Waals surface area contributed by atoms with Gasteiger partial charge in [-0.25, -0.2) is 4.79 Å². The standard InChI is InChI=1S/C30H37N3O9/c1-6-7-10-42-19(34)9-8-14-13-18(32(2)3)16-11-15-12-17-23(33(4)5)26(37)22(29(31)40)28(39)30(17,41)27(38)20(15)25(36)21(16)24(14)35/h13,15,17,22-23,26,35-37,41H,6-7,10-12H2,1-5H3,(H2,31,40)/t15-,17-,22?,23-,26?,30-/m1/s1. The third kappa shape index (κ3) is 4.81. The number of aliphatic hydroxyl groups excluding tert-OH is 2. The lowest BCUT2D eigenvalue weighted by Crippen LogP contribution is -2.73. The lowest BCUT2D eigenvalue weighted by Gasteiger charge is -2.53. The second-order valence-corrected chi connectivity index (χ2v) is 11.6. The molecule has 0 radical (unpaired) electrons. The molecular formula is C30H37N3O9. The van der Waals surface area contributed by atoms with E-state index in [-0.39, 0.29) is 36.1 Å². The number of amides is 1. The van der Waals surface area contributed by atoms with Gasteiger partial charge in [0.1, 0.15) is 17.4 Å². The highest BCUT2D eigenvalue weighted by Gasteiger charge is 2.67. The van der Waals surface area contributed by atoms with Crippen LogP contribution in [-0.2, 0) is 30.3 Å². The van der Waals surface area contributed by atoms with Crippen LogP contribution in [0.4, 0.5) is 5.69 Å². The van der Waals surface area contributed by atoms with E-state index < -0.39 is 70.5 Å². The van der Waals surface area contributed by atoms with Gasteiger partial charge in [-0.2, -0.15) is 0 Å². The maximum atomic E-state index is 14.0. The molecule has 0 heterocycles. The summed E-state index contributed by atoms with van der Waals surface area (Å²) in [5.74, 6) is -4.16. The van der Waals surface area contributed by atoms with Gasteiger partial charge in [-0.3, -0.25) is 14.4 Å². The summed E-state index contributed by atoms with van der Waals surface area (Å²) < 4.78 is 5.05. The zero-order valence-electron chi connectivity index (χ0n) is 24.3. The third-order valence-electron chi connectivity index (χ3n) is 8.58. The number of hydrogen-bond acceptors (Lipinski definition) is 11. The van der Waals surface area contributed by atoms with Crippen LogP contribution in [0.3, 0.4) is 0 Å². The monoisotopic (exact) mass is 583 g/mol. The van der Waals surface area contributed by atoms with E-state index in [9.17, 15) is 39.6 Å². The van der Waals surface area contributed by atoms with Gasteiger partial charge in [0.25, 0.3) is 0 Å². The van der Waals surface area contributed by atoms with E-state index in [1.165, 1.54) is 4.90 Å². The number of rotatable bonds is 6. The Hall–Kier alpha value is -3.92. The molecule has 12 heteroatoms. The average molecular weight is 584 g/mol. The Labute approximate surface area is 243 Å². The molecule has 12 nitrogen and oxygen atoms in total. The molecule has 0 saturated heterocycles. The second kappa shape index (κ2) is 11.4. The van der Waals surface area contributed by atoms with E-state index in [0.29, 0.717) is 17.7 Å². The molecular weight excluding hydrogens is 546 g/mol. The van der Waals surface area contributed by atoms with Crippen LogP contribution in [-0.4, -0.2) is 101 Å². The van der Waals surface area contributed by atoms with Crippen LogP contribution in [0.5, 0.6) is 5.75 Å². The number of unbranched alkanes of at least 4 members (excludes halogenated alkanes) is 1. The lowest BCUT2D eigenvalue weighted by atomic mass is 9.54. The number of hydrogen-bond donors (Lipinski definition) is 5. The Morgan fingerprint density at radius 1 is 1.19 bits per heavy atom. The molecule has 42 heavy (non-hydrogen) atoms. The fraction of sp³-hybridized carbons (Fsp3) is 0.533. The van der Waals surface area contributed by atoms with Gasteiger partial charge in [-0.15, -0.1) is 0 Å². The van der Waals surface area contributed by atoms with Crippen molar-refractivity contribution in [2.24, 2.45) is 23.5 Å². The van der Waals surface area contributed by atoms with Gasteiger partial charge in [0.05, 0.1) is 23.8 Å². The first kappa shape index (κ1) is 31.0. The van der Waals surface area contributed by atoms with Crippen LogP contribution >= 0.6 is 0 Å². The number of nitrogens with zero attached hydrogens (tertiary/aromatic N) is 2. The molecule has 3 aliphatic carbocycles. The fourth-order valence-corrected chi connectivity index (χ4v) is 6.61. The van der Waals surface area contributed by atoms with Crippen molar-refractivity contribution in [1.82, 2.24) is 4.90 Å².